The van der Waals surface area contributed by atoms with Gasteiger partial charge in [0.25, 0.3) is 0 Å². The molecule has 0 aromatic heterocycles. The first-order chi connectivity index (χ1) is 23.1. The predicted molar refractivity (Wildman–Crippen MR) is 183 cm³/mol. The van der Waals surface area contributed by atoms with E-state index in [2.05, 4.69) is 20.9 Å². The van der Waals surface area contributed by atoms with E-state index < -0.39 is 18.3 Å². The van der Waals surface area contributed by atoms with Crippen molar-refractivity contribution in [3.63, 3.8) is 0 Å². The number of amides is 3. The average Bonchev–Trinajstić information content (AvgIpc) is 3.18. The molecule has 2 rings (SSSR count). The molecule has 0 aliphatic heterocycles. The van der Waals surface area contributed by atoms with Gasteiger partial charge in [-0.1, -0.05) is 70.6 Å². The summed E-state index contributed by atoms with van der Waals surface area (Å²) in [6, 6.07) is 0.623. The highest BCUT2D eigenvalue weighted by molar-refractivity contribution is 5.67. The van der Waals surface area contributed by atoms with Crippen LogP contribution in [0.25, 0.3) is 0 Å². The monoisotopic (exact) mass is 668 g/mol. The summed E-state index contributed by atoms with van der Waals surface area (Å²) in [7, 11) is 0. The van der Waals surface area contributed by atoms with Crippen LogP contribution in [-0.2, 0) is 23.7 Å². The number of hydrogen-bond acceptors (Lipinski definition) is 9. The van der Waals surface area contributed by atoms with Gasteiger partial charge in [-0.05, 0) is 50.7 Å². The smallest absolute Gasteiger partial charge is 0.407 e. The third-order valence-electron chi connectivity index (χ3n) is 8.68. The fraction of sp³-hybridized carbons (Fsp3) is 0.857. The summed E-state index contributed by atoms with van der Waals surface area (Å²) in [5, 5.41) is 8.06. The molecule has 47 heavy (non-hydrogen) atoms. The highest BCUT2D eigenvalue weighted by atomic mass is 16.6. The zero-order valence-corrected chi connectivity index (χ0v) is 29.1. The first kappa shape index (κ1) is 40.6. The van der Waals surface area contributed by atoms with Crippen molar-refractivity contribution in [2.45, 2.75) is 109 Å². The van der Waals surface area contributed by atoms with Gasteiger partial charge in [-0.2, -0.15) is 0 Å². The van der Waals surface area contributed by atoms with Crippen molar-refractivity contribution in [1.29, 1.82) is 0 Å². The van der Waals surface area contributed by atoms with Crippen molar-refractivity contribution in [2.24, 2.45) is 5.92 Å². The molecule has 0 atom stereocenters. The lowest BCUT2D eigenvalue weighted by molar-refractivity contribution is 0.0285. The van der Waals surface area contributed by atoms with Crippen molar-refractivity contribution in [1.82, 2.24) is 20.9 Å². The van der Waals surface area contributed by atoms with Crippen LogP contribution >= 0.6 is 0 Å². The summed E-state index contributed by atoms with van der Waals surface area (Å²) in [5.74, 6) is 0.774. The van der Waals surface area contributed by atoms with Crippen LogP contribution in [0.5, 0.6) is 0 Å². The van der Waals surface area contributed by atoms with E-state index in [1.807, 2.05) is 0 Å². The Labute approximate surface area is 283 Å². The minimum absolute atomic E-state index is 0.0682. The summed E-state index contributed by atoms with van der Waals surface area (Å²) in [4.78, 5) is 37.8. The van der Waals surface area contributed by atoms with Gasteiger partial charge in [0.15, 0.2) is 0 Å². The first-order valence-corrected chi connectivity index (χ1v) is 18.3. The molecule has 0 aromatic rings. The summed E-state index contributed by atoms with van der Waals surface area (Å²) < 4.78 is 26.1. The van der Waals surface area contributed by atoms with Gasteiger partial charge in [0.1, 0.15) is 19.8 Å². The van der Waals surface area contributed by atoms with E-state index in [1.54, 1.807) is 19.1 Å². The van der Waals surface area contributed by atoms with Crippen LogP contribution in [0.3, 0.4) is 0 Å². The first-order valence-electron chi connectivity index (χ1n) is 18.3. The summed E-state index contributed by atoms with van der Waals surface area (Å²) in [5.41, 5.74) is 0. The van der Waals surface area contributed by atoms with Gasteiger partial charge < -0.3 is 39.6 Å². The quantitative estimate of drug-likeness (QED) is 0.0818. The number of carbonyl (C=O) groups is 3. The third kappa shape index (κ3) is 22.6. The average molecular weight is 669 g/mol. The fourth-order valence-corrected chi connectivity index (χ4v) is 6.18. The van der Waals surface area contributed by atoms with Gasteiger partial charge in [0.05, 0.1) is 26.4 Å². The van der Waals surface area contributed by atoms with Gasteiger partial charge in [-0.15, -0.1) is 0 Å². The van der Waals surface area contributed by atoms with Gasteiger partial charge in [-0.3, -0.25) is 4.90 Å². The zero-order valence-electron chi connectivity index (χ0n) is 29.1. The van der Waals surface area contributed by atoms with Crippen LogP contribution in [0.15, 0.2) is 12.2 Å². The molecule has 3 amide bonds. The maximum absolute atomic E-state index is 12.3. The topological polar surface area (TPSA) is 137 Å². The Balaban J connectivity index is 1.50. The van der Waals surface area contributed by atoms with E-state index in [4.69, 9.17) is 23.7 Å². The summed E-state index contributed by atoms with van der Waals surface area (Å²) in [6.45, 7) is 6.90. The van der Waals surface area contributed by atoms with Crippen LogP contribution < -0.4 is 16.0 Å². The van der Waals surface area contributed by atoms with Crippen molar-refractivity contribution in [2.75, 3.05) is 79.0 Å². The fourth-order valence-electron chi connectivity index (χ4n) is 6.18. The van der Waals surface area contributed by atoms with E-state index in [0.29, 0.717) is 52.1 Å². The molecular weight excluding hydrogens is 604 g/mol. The van der Waals surface area contributed by atoms with E-state index in [0.717, 1.165) is 19.0 Å². The zero-order chi connectivity index (χ0) is 33.6. The van der Waals surface area contributed by atoms with Gasteiger partial charge in [0.2, 0.25) is 0 Å². The number of carbonyl (C=O) groups excluding carboxylic acids is 3. The molecule has 0 saturated heterocycles. The number of nitrogens with zero attached hydrogens (tertiary/aromatic N) is 1. The second-order valence-corrected chi connectivity index (χ2v) is 12.5. The Hall–Kier alpha value is -2.57. The Morgan fingerprint density at radius 2 is 1.09 bits per heavy atom. The minimum atomic E-state index is -0.562. The predicted octanol–water partition coefficient (Wildman–Crippen LogP) is 5.94. The van der Waals surface area contributed by atoms with Gasteiger partial charge in [-0.25, -0.2) is 14.4 Å². The number of alkyl carbamates (subject to hydrolysis) is 3. The van der Waals surface area contributed by atoms with E-state index in [1.165, 1.54) is 96.3 Å². The lowest BCUT2D eigenvalue weighted by atomic mass is 9.90. The molecule has 2 fully saturated rings. The molecule has 0 spiro atoms. The minimum Gasteiger partial charge on any atom is -0.447 e. The molecule has 0 bridgehead atoms. The molecule has 0 heterocycles. The molecule has 2 aliphatic carbocycles. The number of rotatable bonds is 20. The van der Waals surface area contributed by atoms with Crippen LogP contribution in [0.2, 0.25) is 0 Å². The highest BCUT2D eigenvalue weighted by Gasteiger charge is 2.23. The highest BCUT2D eigenvalue weighted by Crippen LogP contribution is 2.26. The Bertz CT molecular complexity index is 828. The van der Waals surface area contributed by atoms with Crippen molar-refractivity contribution >= 4 is 18.3 Å². The molecule has 0 radical (unpaired) electrons. The number of nitrogens with one attached hydrogen (secondary N) is 3. The normalized spacial score (nSPS) is 17.1. The third-order valence-corrected chi connectivity index (χ3v) is 8.68. The Kier molecular flexibility index (Phi) is 24.6. The van der Waals surface area contributed by atoms with Crippen molar-refractivity contribution in [3.8, 4) is 0 Å². The molecule has 0 aromatic carbocycles. The van der Waals surface area contributed by atoms with Crippen molar-refractivity contribution in [3.05, 3.63) is 12.2 Å². The lowest BCUT2D eigenvalue weighted by Crippen LogP contribution is -2.44. The largest absolute Gasteiger partial charge is 0.447 e. The second kappa shape index (κ2) is 28.4. The number of hydrogen-bond donors (Lipinski definition) is 3. The van der Waals surface area contributed by atoms with Crippen LogP contribution in [0.4, 0.5) is 14.4 Å². The molecular formula is C35H64N4O8. The van der Waals surface area contributed by atoms with Crippen LogP contribution in [0.1, 0.15) is 103 Å². The Morgan fingerprint density at radius 3 is 1.70 bits per heavy atom. The molecule has 272 valence electrons. The molecule has 2 aliphatic rings. The van der Waals surface area contributed by atoms with Gasteiger partial charge >= 0.3 is 18.3 Å². The second-order valence-electron chi connectivity index (χ2n) is 12.5. The van der Waals surface area contributed by atoms with Gasteiger partial charge in [0, 0.05) is 38.8 Å². The van der Waals surface area contributed by atoms with E-state index >= 15 is 0 Å². The molecule has 2 saturated carbocycles. The molecule has 0 unspecified atom stereocenters. The molecule has 12 heteroatoms. The maximum atomic E-state index is 12.3. The van der Waals surface area contributed by atoms with E-state index in [-0.39, 0.29) is 19.8 Å². The Morgan fingerprint density at radius 1 is 0.596 bits per heavy atom. The SMILES string of the molecule is CCNC(=O)OC/C=C/COC(=O)NCCOCCOCCOC(=O)NCCN(CC1CCCCCCC1)C1CCCCCCCC1. The van der Waals surface area contributed by atoms with Crippen LogP contribution in [0, 0.1) is 5.92 Å². The van der Waals surface area contributed by atoms with Crippen LogP contribution in [-0.4, -0.2) is 108 Å². The van der Waals surface area contributed by atoms with E-state index in [9.17, 15) is 14.4 Å². The summed E-state index contributed by atoms with van der Waals surface area (Å²) in [6.07, 6.45) is 21.9. The molecule has 12 nitrogen and oxygen atoms in total. The standard InChI is InChI=1S/C35H64N4O8/c1-2-36-33(40)45-23-14-15-24-46-35(42)38-21-25-43-26-27-44-28-29-47-34(41)37-20-22-39(30-31-16-10-6-5-7-11-17-31)32-18-12-8-3-4-9-13-19-32/h14-15,31-32H,2-13,16-30H2,1H3,(H,36,40)(H,37,41)(H,38,42)/b15-14+. The summed E-state index contributed by atoms with van der Waals surface area (Å²) >= 11 is 0. The number of ether oxygens (including phenoxy) is 5. The molecule has 3 N–H and O–H groups in total. The lowest BCUT2D eigenvalue weighted by Gasteiger charge is -2.35. The van der Waals surface area contributed by atoms with Crippen molar-refractivity contribution < 1.29 is 38.1 Å². The maximum Gasteiger partial charge on any atom is 0.407 e.